The van der Waals surface area contributed by atoms with E-state index in [1.165, 1.54) is 5.56 Å². The molecule has 0 aliphatic rings. The van der Waals surface area contributed by atoms with Gasteiger partial charge in [0.15, 0.2) is 11.5 Å². The Morgan fingerprint density at radius 3 is 2.46 bits per heavy atom. The summed E-state index contributed by atoms with van der Waals surface area (Å²) in [5.74, 6) is 1.75. The van der Waals surface area contributed by atoms with Crippen LogP contribution in [0.25, 0.3) is 10.9 Å². The van der Waals surface area contributed by atoms with Crippen LogP contribution in [0.3, 0.4) is 0 Å². The summed E-state index contributed by atoms with van der Waals surface area (Å²) in [7, 11) is 3.24. The number of furan rings is 1. The maximum atomic E-state index is 13.2. The number of para-hydroxylation sites is 1. The van der Waals surface area contributed by atoms with E-state index in [1.54, 1.807) is 20.5 Å². The van der Waals surface area contributed by atoms with Gasteiger partial charge < -0.3 is 23.8 Å². The number of benzene rings is 3. The molecular weight excluding hydrogens is 464 g/mol. The Morgan fingerprint density at radius 1 is 0.919 bits per heavy atom. The van der Waals surface area contributed by atoms with Crippen molar-refractivity contribution in [3.05, 3.63) is 120 Å². The van der Waals surface area contributed by atoms with Crippen molar-refractivity contribution in [3.8, 4) is 11.5 Å². The molecule has 3 aromatic carbocycles. The van der Waals surface area contributed by atoms with E-state index in [4.69, 9.17) is 13.9 Å². The fraction of sp³-hybridized carbons (Fsp3) is 0.194. The van der Waals surface area contributed by atoms with Crippen LogP contribution in [-0.4, -0.2) is 24.7 Å². The second-order valence-electron chi connectivity index (χ2n) is 8.94. The summed E-state index contributed by atoms with van der Waals surface area (Å²) in [6.07, 6.45) is 4.06. The first-order chi connectivity index (χ1) is 18.2. The van der Waals surface area contributed by atoms with Crippen LogP contribution in [0.15, 0.2) is 102 Å². The number of ether oxygens (including phenoxy) is 2. The zero-order chi connectivity index (χ0) is 25.6. The van der Waals surface area contributed by atoms with Crippen LogP contribution >= 0.6 is 0 Å². The average Bonchev–Trinajstić information content (AvgIpc) is 3.59. The minimum Gasteiger partial charge on any atom is -0.493 e. The van der Waals surface area contributed by atoms with E-state index in [9.17, 15) is 4.79 Å². The Hall–Kier alpha value is -4.45. The monoisotopic (exact) mass is 494 g/mol. The summed E-state index contributed by atoms with van der Waals surface area (Å²) >= 11 is 0. The SMILES string of the molecule is COc1ccc([C@H](CC(=O)NCc2ccco2)c2cn(Cc3ccccc3)c3ccccc23)cc1OC. The molecule has 188 valence electrons. The lowest BCUT2D eigenvalue weighted by molar-refractivity contribution is -0.121. The van der Waals surface area contributed by atoms with Crippen LogP contribution in [0.5, 0.6) is 11.5 Å². The molecule has 0 saturated carbocycles. The topological polar surface area (TPSA) is 65.6 Å². The van der Waals surface area contributed by atoms with Gasteiger partial charge in [0.25, 0.3) is 0 Å². The van der Waals surface area contributed by atoms with Crippen molar-refractivity contribution in [2.24, 2.45) is 0 Å². The van der Waals surface area contributed by atoms with Crippen molar-refractivity contribution >= 4 is 16.8 Å². The Morgan fingerprint density at radius 2 is 1.70 bits per heavy atom. The van der Waals surface area contributed by atoms with Crippen molar-refractivity contribution < 1.29 is 18.7 Å². The van der Waals surface area contributed by atoms with Crippen LogP contribution in [0.2, 0.25) is 0 Å². The molecule has 37 heavy (non-hydrogen) atoms. The molecule has 1 atom stereocenters. The molecule has 6 heteroatoms. The van der Waals surface area contributed by atoms with Gasteiger partial charge in [0.1, 0.15) is 5.76 Å². The highest BCUT2D eigenvalue weighted by atomic mass is 16.5. The molecule has 0 unspecified atom stereocenters. The number of hydrogen-bond acceptors (Lipinski definition) is 4. The van der Waals surface area contributed by atoms with Gasteiger partial charge in [-0.2, -0.15) is 0 Å². The molecule has 2 heterocycles. The second kappa shape index (κ2) is 11.1. The Kier molecular flexibility index (Phi) is 7.26. The zero-order valence-electron chi connectivity index (χ0n) is 21.0. The number of methoxy groups -OCH3 is 2. The summed E-state index contributed by atoms with van der Waals surface area (Å²) in [5, 5.41) is 4.13. The van der Waals surface area contributed by atoms with Gasteiger partial charge >= 0.3 is 0 Å². The predicted octanol–water partition coefficient (Wildman–Crippen LogP) is 6.14. The molecule has 0 aliphatic carbocycles. The molecule has 1 amide bonds. The molecule has 5 aromatic rings. The fourth-order valence-corrected chi connectivity index (χ4v) is 4.80. The number of carbonyl (C=O) groups is 1. The minimum absolute atomic E-state index is 0.0592. The number of carbonyl (C=O) groups excluding carboxylic acids is 1. The average molecular weight is 495 g/mol. The molecule has 0 fully saturated rings. The number of aromatic nitrogens is 1. The third-order valence-electron chi connectivity index (χ3n) is 6.63. The smallest absolute Gasteiger partial charge is 0.221 e. The lowest BCUT2D eigenvalue weighted by atomic mass is 9.87. The fourth-order valence-electron chi connectivity index (χ4n) is 4.80. The third kappa shape index (κ3) is 5.38. The van der Waals surface area contributed by atoms with Crippen LogP contribution < -0.4 is 14.8 Å². The van der Waals surface area contributed by atoms with E-state index in [2.05, 4.69) is 58.5 Å². The lowest BCUT2D eigenvalue weighted by Gasteiger charge is -2.19. The Balaban J connectivity index is 1.54. The summed E-state index contributed by atoms with van der Waals surface area (Å²) in [4.78, 5) is 13.2. The highest BCUT2D eigenvalue weighted by Gasteiger charge is 2.24. The van der Waals surface area contributed by atoms with Crippen LogP contribution in [-0.2, 0) is 17.9 Å². The van der Waals surface area contributed by atoms with Gasteiger partial charge in [-0.15, -0.1) is 0 Å². The van der Waals surface area contributed by atoms with Gasteiger partial charge in [0.2, 0.25) is 5.91 Å². The molecule has 0 saturated heterocycles. The van der Waals surface area contributed by atoms with Crippen molar-refractivity contribution in [2.75, 3.05) is 14.2 Å². The molecule has 0 radical (unpaired) electrons. The lowest BCUT2D eigenvalue weighted by Crippen LogP contribution is -2.24. The van der Waals surface area contributed by atoms with Gasteiger partial charge in [-0.05, 0) is 47.0 Å². The molecule has 1 N–H and O–H groups in total. The predicted molar refractivity (Wildman–Crippen MR) is 144 cm³/mol. The highest BCUT2D eigenvalue weighted by Crippen LogP contribution is 2.38. The molecule has 0 spiro atoms. The first-order valence-electron chi connectivity index (χ1n) is 12.3. The molecule has 2 aromatic heterocycles. The number of nitrogens with one attached hydrogen (secondary N) is 1. The number of hydrogen-bond donors (Lipinski definition) is 1. The molecular formula is C31H30N2O4. The number of rotatable bonds is 10. The minimum atomic E-state index is -0.196. The maximum Gasteiger partial charge on any atom is 0.221 e. The summed E-state index contributed by atoms with van der Waals surface area (Å²) in [5.41, 5.74) is 4.41. The van der Waals surface area contributed by atoms with Crippen molar-refractivity contribution in [1.82, 2.24) is 9.88 Å². The van der Waals surface area contributed by atoms with E-state index in [0.29, 0.717) is 18.0 Å². The number of fused-ring (bicyclic) bond motifs is 1. The van der Waals surface area contributed by atoms with E-state index in [0.717, 1.165) is 34.3 Å². The van der Waals surface area contributed by atoms with Gasteiger partial charge in [-0.3, -0.25) is 4.79 Å². The molecule has 0 aliphatic heterocycles. The van der Waals surface area contributed by atoms with Gasteiger partial charge in [-0.25, -0.2) is 0 Å². The first kappa shape index (κ1) is 24.3. The molecule has 6 nitrogen and oxygen atoms in total. The summed E-state index contributed by atoms with van der Waals surface area (Å²) in [6, 6.07) is 28.3. The van der Waals surface area contributed by atoms with Gasteiger partial charge in [-0.1, -0.05) is 54.6 Å². The second-order valence-corrected chi connectivity index (χ2v) is 8.94. The quantitative estimate of drug-likeness (QED) is 0.253. The zero-order valence-corrected chi connectivity index (χ0v) is 21.0. The molecule has 5 rings (SSSR count). The Labute approximate surface area is 216 Å². The normalized spacial score (nSPS) is 11.8. The standard InChI is InChI=1S/C31H30N2O4/c1-35-29-15-14-23(17-30(29)36-2)26(18-31(34)32-19-24-11-8-16-37-24)27-21-33(20-22-9-4-3-5-10-22)28-13-7-6-12-25(27)28/h3-17,21,26H,18-20H2,1-2H3,(H,32,34)/t26-/m0/s1. The first-order valence-corrected chi connectivity index (χ1v) is 12.3. The van der Waals surface area contributed by atoms with Crippen LogP contribution in [0.4, 0.5) is 0 Å². The maximum absolute atomic E-state index is 13.2. The van der Waals surface area contributed by atoms with E-state index < -0.39 is 0 Å². The van der Waals surface area contributed by atoms with E-state index in [-0.39, 0.29) is 18.2 Å². The Bertz CT molecular complexity index is 1470. The van der Waals surface area contributed by atoms with E-state index in [1.807, 2.05) is 42.5 Å². The summed E-state index contributed by atoms with van der Waals surface area (Å²) < 4.78 is 18.7. The van der Waals surface area contributed by atoms with Crippen molar-refractivity contribution in [3.63, 3.8) is 0 Å². The van der Waals surface area contributed by atoms with Crippen LogP contribution in [0.1, 0.15) is 34.8 Å². The highest BCUT2D eigenvalue weighted by molar-refractivity contribution is 5.87. The van der Waals surface area contributed by atoms with Crippen molar-refractivity contribution in [1.29, 1.82) is 0 Å². The van der Waals surface area contributed by atoms with Gasteiger partial charge in [0, 0.05) is 36.0 Å². The van der Waals surface area contributed by atoms with E-state index >= 15 is 0 Å². The van der Waals surface area contributed by atoms with Gasteiger partial charge in [0.05, 0.1) is 27.0 Å². The number of amides is 1. The number of nitrogens with zero attached hydrogens (tertiary/aromatic N) is 1. The van der Waals surface area contributed by atoms with Crippen LogP contribution in [0, 0.1) is 0 Å². The third-order valence-corrected chi connectivity index (χ3v) is 6.63. The van der Waals surface area contributed by atoms with Crippen molar-refractivity contribution in [2.45, 2.75) is 25.4 Å². The molecule has 0 bridgehead atoms. The summed E-state index contributed by atoms with van der Waals surface area (Å²) in [6.45, 7) is 1.09. The largest absolute Gasteiger partial charge is 0.493 e.